The lowest BCUT2D eigenvalue weighted by atomic mass is 10.1. The Kier molecular flexibility index (Phi) is 3.26. The molecule has 2 N–H and O–H groups in total. The maximum atomic E-state index is 5.79. The van der Waals surface area contributed by atoms with Crippen LogP contribution in [0.5, 0.6) is 0 Å². The average Bonchev–Trinajstić information content (AvgIpc) is 2.65. The van der Waals surface area contributed by atoms with Crippen molar-refractivity contribution >= 4 is 11.8 Å². The van der Waals surface area contributed by atoms with Gasteiger partial charge in [0.2, 0.25) is 0 Å². The molecule has 0 unspecified atom stereocenters. The van der Waals surface area contributed by atoms with E-state index in [-0.39, 0.29) is 6.04 Å². The average molecular weight is 234 g/mol. The van der Waals surface area contributed by atoms with Crippen molar-refractivity contribution in [2.24, 2.45) is 12.8 Å². The smallest absolute Gasteiger partial charge is 0.190 e. The molecule has 0 radical (unpaired) electrons. The van der Waals surface area contributed by atoms with E-state index in [1.165, 1.54) is 0 Å². The molecule has 1 aromatic carbocycles. The topological polar surface area (TPSA) is 56.7 Å². The second-order valence-corrected chi connectivity index (χ2v) is 4.67. The minimum Gasteiger partial charge on any atom is -0.324 e. The van der Waals surface area contributed by atoms with Crippen molar-refractivity contribution in [2.75, 3.05) is 0 Å². The number of nitrogens with two attached hydrogens (primary N) is 1. The summed E-state index contributed by atoms with van der Waals surface area (Å²) in [6, 6.07) is 8.27. The molecule has 16 heavy (non-hydrogen) atoms. The molecule has 84 valence electrons. The van der Waals surface area contributed by atoms with Crippen LogP contribution in [0.1, 0.15) is 18.5 Å². The summed E-state index contributed by atoms with van der Waals surface area (Å²) in [6.07, 6.45) is 1.55. The molecular weight excluding hydrogens is 220 g/mol. The summed E-state index contributed by atoms with van der Waals surface area (Å²) >= 11 is 1.59. The molecule has 0 aliphatic rings. The summed E-state index contributed by atoms with van der Waals surface area (Å²) < 4.78 is 1.75. The maximum Gasteiger partial charge on any atom is 0.190 e. The van der Waals surface area contributed by atoms with Gasteiger partial charge in [0, 0.05) is 18.0 Å². The molecule has 5 heteroatoms. The van der Waals surface area contributed by atoms with Gasteiger partial charge < -0.3 is 5.73 Å². The van der Waals surface area contributed by atoms with Gasteiger partial charge in [0.15, 0.2) is 5.16 Å². The van der Waals surface area contributed by atoms with Gasteiger partial charge in [-0.1, -0.05) is 23.9 Å². The van der Waals surface area contributed by atoms with Crippen molar-refractivity contribution in [3.63, 3.8) is 0 Å². The molecule has 4 nitrogen and oxygen atoms in total. The molecule has 2 rings (SSSR count). The lowest BCUT2D eigenvalue weighted by molar-refractivity contribution is 0.685. The fourth-order valence-corrected chi connectivity index (χ4v) is 2.08. The molecule has 1 atom stereocenters. The molecular formula is C11H14N4S. The molecule has 0 aliphatic carbocycles. The van der Waals surface area contributed by atoms with E-state index >= 15 is 0 Å². The Morgan fingerprint density at radius 1 is 1.31 bits per heavy atom. The molecule has 1 heterocycles. The number of aryl methyl sites for hydroxylation is 1. The molecule has 2 aromatic rings. The Hall–Kier alpha value is -1.33. The van der Waals surface area contributed by atoms with Crippen molar-refractivity contribution < 1.29 is 0 Å². The van der Waals surface area contributed by atoms with Crippen molar-refractivity contribution in [3.05, 3.63) is 36.2 Å². The predicted octanol–water partition coefficient (Wildman–Crippen LogP) is 1.99. The lowest BCUT2D eigenvalue weighted by Crippen LogP contribution is -2.04. The van der Waals surface area contributed by atoms with Crippen LogP contribution in [0.25, 0.3) is 0 Å². The van der Waals surface area contributed by atoms with Crippen LogP contribution in [0.15, 0.2) is 40.6 Å². The number of benzene rings is 1. The summed E-state index contributed by atoms with van der Waals surface area (Å²) in [4.78, 5) is 5.30. The second kappa shape index (κ2) is 4.67. The third-order valence-corrected chi connectivity index (χ3v) is 3.34. The molecule has 0 fully saturated rings. The van der Waals surface area contributed by atoms with Crippen LogP contribution in [0.2, 0.25) is 0 Å². The molecule has 0 saturated carbocycles. The van der Waals surface area contributed by atoms with Gasteiger partial charge in [-0.25, -0.2) is 9.67 Å². The highest BCUT2D eigenvalue weighted by Crippen LogP contribution is 2.25. The highest BCUT2D eigenvalue weighted by molar-refractivity contribution is 7.99. The van der Waals surface area contributed by atoms with Crippen molar-refractivity contribution in [1.82, 2.24) is 14.8 Å². The Labute approximate surface area is 98.9 Å². The maximum absolute atomic E-state index is 5.79. The van der Waals surface area contributed by atoms with E-state index in [9.17, 15) is 0 Å². The van der Waals surface area contributed by atoms with E-state index in [2.05, 4.69) is 22.2 Å². The standard InChI is InChI=1S/C11H14N4S/c1-8(12)9-3-5-10(6-4-9)16-11-13-7-14-15(11)2/h3-8H,12H2,1-2H3/t8-/m1/s1. The highest BCUT2D eigenvalue weighted by atomic mass is 32.2. The van der Waals surface area contributed by atoms with E-state index in [4.69, 9.17) is 5.73 Å². The lowest BCUT2D eigenvalue weighted by Gasteiger charge is -2.06. The summed E-state index contributed by atoms with van der Waals surface area (Å²) in [6.45, 7) is 1.98. The number of hydrogen-bond acceptors (Lipinski definition) is 4. The van der Waals surface area contributed by atoms with E-state index in [1.807, 2.05) is 26.1 Å². The fraction of sp³-hybridized carbons (Fsp3) is 0.273. The van der Waals surface area contributed by atoms with Gasteiger partial charge in [-0.3, -0.25) is 0 Å². The zero-order valence-corrected chi connectivity index (χ0v) is 10.1. The van der Waals surface area contributed by atoms with Crippen LogP contribution in [-0.4, -0.2) is 14.8 Å². The normalized spacial score (nSPS) is 12.7. The van der Waals surface area contributed by atoms with Gasteiger partial charge in [0.25, 0.3) is 0 Å². The van der Waals surface area contributed by atoms with Gasteiger partial charge in [0.05, 0.1) is 0 Å². The molecule has 0 spiro atoms. The van der Waals surface area contributed by atoms with Crippen LogP contribution in [-0.2, 0) is 7.05 Å². The van der Waals surface area contributed by atoms with Gasteiger partial charge in [0.1, 0.15) is 6.33 Å². The Morgan fingerprint density at radius 2 is 2.00 bits per heavy atom. The highest BCUT2D eigenvalue weighted by Gasteiger charge is 2.04. The SMILES string of the molecule is C[C@@H](N)c1ccc(Sc2ncnn2C)cc1. The first-order chi connectivity index (χ1) is 7.66. The monoisotopic (exact) mass is 234 g/mol. The predicted molar refractivity (Wildman–Crippen MR) is 64.2 cm³/mol. The summed E-state index contributed by atoms with van der Waals surface area (Å²) in [7, 11) is 1.88. The van der Waals surface area contributed by atoms with E-state index in [0.717, 1.165) is 15.6 Å². The largest absolute Gasteiger partial charge is 0.324 e. The third-order valence-electron chi connectivity index (χ3n) is 2.28. The fourth-order valence-electron chi connectivity index (χ4n) is 1.32. The van der Waals surface area contributed by atoms with E-state index in [0.29, 0.717) is 0 Å². The van der Waals surface area contributed by atoms with E-state index < -0.39 is 0 Å². The molecule has 0 amide bonds. The first kappa shape index (κ1) is 11.2. The van der Waals surface area contributed by atoms with Gasteiger partial charge in [-0.15, -0.1) is 0 Å². The van der Waals surface area contributed by atoms with E-state index in [1.54, 1.807) is 22.8 Å². The van der Waals surface area contributed by atoms with Crippen LogP contribution in [0, 0.1) is 0 Å². The molecule has 0 aliphatic heterocycles. The zero-order valence-electron chi connectivity index (χ0n) is 9.29. The third kappa shape index (κ3) is 2.43. The van der Waals surface area contributed by atoms with Crippen LogP contribution < -0.4 is 5.73 Å². The van der Waals surface area contributed by atoms with Crippen LogP contribution >= 0.6 is 11.8 Å². The van der Waals surface area contributed by atoms with Crippen molar-refractivity contribution in [3.8, 4) is 0 Å². The summed E-state index contributed by atoms with van der Waals surface area (Å²) in [5.41, 5.74) is 6.93. The number of rotatable bonds is 3. The Balaban J connectivity index is 2.14. The molecule has 0 bridgehead atoms. The second-order valence-electron chi connectivity index (χ2n) is 3.63. The molecule has 1 aromatic heterocycles. The first-order valence-electron chi connectivity index (χ1n) is 5.04. The Morgan fingerprint density at radius 3 is 2.50 bits per heavy atom. The van der Waals surface area contributed by atoms with Crippen molar-refractivity contribution in [1.29, 1.82) is 0 Å². The number of nitrogens with zero attached hydrogens (tertiary/aromatic N) is 3. The molecule has 0 saturated heterocycles. The summed E-state index contributed by atoms with van der Waals surface area (Å²) in [5, 5.41) is 4.91. The van der Waals surface area contributed by atoms with Crippen molar-refractivity contribution in [2.45, 2.75) is 23.0 Å². The summed E-state index contributed by atoms with van der Waals surface area (Å²) in [5.74, 6) is 0. The minimum absolute atomic E-state index is 0.0777. The van der Waals surface area contributed by atoms with Gasteiger partial charge >= 0.3 is 0 Å². The van der Waals surface area contributed by atoms with Gasteiger partial charge in [-0.05, 0) is 24.6 Å². The minimum atomic E-state index is 0.0777. The quantitative estimate of drug-likeness (QED) is 0.882. The zero-order chi connectivity index (χ0) is 11.5. The first-order valence-corrected chi connectivity index (χ1v) is 5.86. The van der Waals surface area contributed by atoms with Crippen LogP contribution in [0.4, 0.5) is 0 Å². The van der Waals surface area contributed by atoms with Crippen LogP contribution in [0.3, 0.4) is 0 Å². The van der Waals surface area contributed by atoms with Gasteiger partial charge in [-0.2, -0.15) is 5.10 Å². The Bertz CT molecular complexity index is 461. The number of hydrogen-bond donors (Lipinski definition) is 1. The number of aromatic nitrogens is 3.